The summed E-state index contributed by atoms with van der Waals surface area (Å²) >= 11 is 0. The number of benzene rings is 7. The van der Waals surface area contributed by atoms with Gasteiger partial charge in [-0.25, -0.2) is 0 Å². The van der Waals surface area contributed by atoms with Crippen molar-refractivity contribution in [1.82, 2.24) is 9.13 Å². The summed E-state index contributed by atoms with van der Waals surface area (Å²) in [7, 11) is 0. The number of hydrogen-bond donors (Lipinski definition) is 0. The summed E-state index contributed by atoms with van der Waals surface area (Å²) in [4.78, 5) is 0. The molecule has 10 rings (SSSR count). The second kappa shape index (κ2) is 9.71. The molecular weight excluding hydrogens is 574 g/mol. The average Bonchev–Trinajstić information content (AvgIpc) is 3.79. The highest BCUT2D eigenvalue weighted by molar-refractivity contribution is 6.24. The van der Waals surface area contributed by atoms with Crippen molar-refractivity contribution in [2.45, 2.75) is 0 Å². The minimum Gasteiger partial charge on any atom is -0.455 e. The predicted molar refractivity (Wildman–Crippen MR) is 193 cm³/mol. The van der Waals surface area contributed by atoms with Crippen molar-refractivity contribution in [2.75, 3.05) is 0 Å². The first-order chi connectivity index (χ1) is 23.3. The fourth-order valence-electron chi connectivity index (χ4n) is 7.65. The van der Waals surface area contributed by atoms with Crippen LogP contribution in [0.2, 0.25) is 0 Å². The number of aromatic nitrogens is 2. The first-order valence-electron chi connectivity index (χ1n) is 15.8. The van der Waals surface area contributed by atoms with Gasteiger partial charge in [0.05, 0.1) is 44.4 Å². The Morgan fingerprint density at radius 1 is 0.447 bits per heavy atom. The first kappa shape index (κ1) is 25.7. The van der Waals surface area contributed by atoms with Gasteiger partial charge in [0.1, 0.15) is 17.2 Å². The van der Waals surface area contributed by atoms with Crippen molar-refractivity contribution in [3.05, 3.63) is 157 Å². The van der Waals surface area contributed by atoms with Crippen LogP contribution in [0.3, 0.4) is 0 Å². The fraction of sp³-hybridized carbons (Fsp3) is 0. The molecule has 0 amide bonds. The molecule has 4 nitrogen and oxygen atoms in total. The monoisotopic (exact) mass is 599 g/mol. The van der Waals surface area contributed by atoms with Gasteiger partial charge < -0.3 is 13.6 Å². The molecule has 7 aromatic carbocycles. The van der Waals surface area contributed by atoms with Crippen LogP contribution in [0, 0.1) is 11.3 Å². The molecule has 0 aliphatic rings. The molecule has 218 valence electrons. The van der Waals surface area contributed by atoms with Crippen LogP contribution in [-0.2, 0) is 0 Å². The Morgan fingerprint density at radius 2 is 1.04 bits per heavy atom. The summed E-state index contributed by atoms with van der Waals surface area (Å²) in [5, 5.41) is 17.3. The zero-order chi connectivity index (χ0) is 31.1. The molecule has 0 saturated heterocycles. The summed E-state index contributed by atoms with van der Waals surface area (Å²) in [6.07, 6.45) is 0. The molecule has 3 aromatic heterocycles. The van der Waals surface area contributed by atoms with Gasteiger partial charge in [-0.2, -0.15) is 5.26 Å². The van der Waals surface area contributed by atoms with E-state index in [4.69, 9.17) is 4.42 Å². The van der Waals surface area contributed by atoms with Crippen LogP contribution in [0.5, 0.6) is 0 Å². The molecule has 0 radical (unpaired) electrons. The molecule has 3 heterocycles. The summed E-state index contributed by atoms with van der Waals surface area (Å²) < 4.78 is 11.2. The van der Waals surface area contributed by atoms with Gasteiger partial charge in [-0.15, -0.1) is 0 Å². The molecule has 0 aliphatic heterocycles. The largest absolute Gasteiger partial charge is 0.455 e. The van der Waals surface area contributed by atoms with Crippen LogP contribution >= 0.6 is 0 Å². The van der Waals surface area contributed by atoms with Gasteiger partial charge in [0.25, 0.3) is 0 Å². The SMILES string of the molecule is N#Cc1cccc(-c2ccccc2-n2c3ccccc3c3c4oc5ccccc5c4ccc32)c1-n1c2ccccc2c2ccccc21. The van der Waals surface area contributed by atoms with Crippen LogP contribution in [0.4, 0.5) is 0 Å². The van der Waals surface area contributed by atoms with E-state index in [-0.39, 0.29) is 0 Å². The third kappa shape index (κ3) is 3.51. The third-order valence-electron chi connectivity index (χ3n) is 9.58. The Bertz CT molecular complexity index is 2880. The standard InChI is InChI=1S/C43H25N3O/c44-26-27-12-11-18-32(42(27)46-36-20-7-1-13-28(36)29-14-2-8-21-37(29)46)30-15-3-6-19-35(30)45-38-22-9-4-17-34(38)41-39(45)25-24-33-31-16-5-10-23-40(31)47-43(33)41/h1-25H. The van der Waals surface area contributed by atoms with Gasteiger partial charge in [-0.3, -0.25) is 0 Å². The smallest absolute Gasteiger partial charge is 0.145 e. The molecule has 4 heteroatoms. The van der Waals surface area contributed by atoms with Crippen molar-refractivity contribution >= 4 is 65.6 Å². The maximum absolute atomic E-state index is 10.6. The molecule has 0 fully saturated rings. The van der Waals surface area contributed by atoms with Crippen molar-refractivity contribution in [1.29, 1.82) is 5.26 Å². The van der Waals surface area contributed by atoms with E-state index in [9.17, 15) is 5.26 Å². The maximum Gasteiger partial charge on any atom is 0.145 e. The number of rotatable bonds is 3. The first-order valence-corrected chi connectivity index (χ1v) is 15.8. The number of hydrogen-bond acceptors (Lipinski definition) is 2. The normalized spacial score (nSPS) is 11.8. The van der Waals surface area contributed by atoms with E-state index in [1.54, 1.807) is 0 Å². The summed E-state index contributed by atoms with van der Waals surface area (Å²) in [6.45, 7) is 0. The Balaban J connectivity index is 1.32. The number of furan rings is 1. The summed E-state index contributed by atoms with van der Waals surface area (Å²) in [6, 6.07) is 55.2. The molecule has 47 heavy (non-hydrogen) atoms. The predicted octanol–water partition coefficient (Wildman–Crippen LogP) is 11.3. The average molecular weight is 600 g/mol. The van der Waals surface area contributed by atoms with E-state index in [0.29, 0.717) is 5.56 Å². The zero-order valence-corrected chi connectivity index (χ0v) is 25.2. The van der Waals surface area contributed by atoms with E-state index in [1.165, 1.54) is 0 Å². The second-order valence-corrected chi connectivity index (χ2v) is 12.0. The molecule has 0 unspecified atom stereocenters. The minimum absolute atomic E-state index is 0.620. The fourth-order valence-corrected chi connectivity index (χ4v) is 7.65. The summed E-state index contributed by atoms with van der Waals surface area (Å²) in [5.74, 6) is 0. The Labute approximate surface area is 269 Å². The van der Waals surface area contributed by atoms with Gasteiger partial charge in [0.2, 0.25) is 0 Å². The van der Waals surface area contributed by atoms with E-state index >= 15 is 0 Å². The van der Waals surface area contributed by atoms with E-state index < -0.39 is 0 Å². The summed E-state index contributed by atoms with van der Waals surface area (Å²) in [5.41, 5.74) is 10.6. The van der Waals surface area contributed by atoms with Crippen LogP contribution in [0.25, 0.3) is 88.1 Å². The number of para-hydroxylation sites is 6. The number of nitrogens with zero attached hydrogens (tertiary/aromatic N) is 3. The second-order valence-electron chi connectivity index (χ2n) is 12.0. The topological polar surface area (TPSA) is 46.8 Å². The van der Waals surface area contributed by atoms with Crippen molar-refractivity contribution in [3.63, 3.8) is 0 Å². The van der Waals surface area contributed by atoms with Crippen molar-refractivity contribution in [2.24, 2.45) is 0 Å². The van der Waals surface area contributed by atoms with E-state index in [2.05, 4.69) is 143 Å². The molecule has 0 N–H and O–H groups in total. The highest BCUT2D eigenvalue weighted by Crippen LogP contribution is 2.44. The highest BCUT2D eigenvalue weighted by Gasteiger charge is 2.23. The van der Waals surface area contributed by atoms with Gasteiger partial charge in [0, 0.05) is 38.1 Å². The van der Waals surface area contributed by atoms with Crippen LogP contribution in [0.15, 0.2) is 156 Å². The van der Waals surface area contributed by atoms with Gasteiger partial charge in [-0.05, 0) is 48.5 Å². The Hall–Kier alpha value is -6.57. The Morgan fingerprint density at radius 3 is 1.79 bits per heavy atom. The molecule has 0 spiro atoms. The third-order valence-corrected chi connectivity index (χ3v) is 9.58. The Kier molecular flexibility index (Phi) is 5.32. The van der Waals surface area contributed by atoms with Crippen LogP contribution in [-0.4, -0.2) is 9.13 Å². The van der Waals surface area contributed by atoms with Gasteiger partial charge >= 0.3 is 0 Å². The molecule has 10 aromatic rings. The number of fused-ring (bicyclic) bond motifs is 10. The minimum atomic E-state index is 0.620. The number of nitriles is 1. The van der Waals surface area contributed by atoms with E-state index in [0.717, 1.165) is 88.1 Å². The van der Waals surface area contributed by atoms with Crippen molar-refractivity contribution < 1.29 is 4.42 Å². The van der Waals surface area contributed by atoms with Gasteiger partial charge in [0.15, 0.2) is 0 Å². The quantitative estimate of drug-likeness (QED) is 0.203. The molecule has 0 bridgehead atoms. The molecule has 0 aliphatic carbocycles. The highest BCUT2D eigenvalue weighted by atomic mass is 16.3. The van der Waals surface area contributed by atoms with Crippen LogP contribution < -0.4 is 0 Å². The lowest BCUT2D eigenvalue weighted by molar-refractivity contribution is 0.673. The van der Waals surface area contributed by atoms with Crippen molar-refractivity contribution in [3.8, 4) is 28.6 Å². The van der Waals surface area contributed by atoms with E-state index in [1.807, 2.05) is 24.3 Å². The lowest BCUT2D eigenvalue weighted by Gasteiger charge is -2.19. The molecule has 0 atom stereocenters. The van der Waals surface area contributed by atoms with Crippen LogP contribution in [0.1, 0.15) is 5.56 Å². The molecular formula is C43H25N3O. The zero-order valence-electron chi connectivity index (χ0n) is 25.2. The van der Waals surface area contributed by atoms with Gasteiger partial charge in [-0.1, -0.05) is 103 Å². The lowest BCUT2D eigenvalue weighted by atomic mass is 9.98. The maximum atomic E-state index is 10.6. The molecule has 0 saturated carbocycles. The lowest BCUT2D eigenvalue weighted by Crippen LogP contribution is -2.03.